The molecule has 156 valence electrons. The Kier molecular flexibility index (Phi) is 5.00. The molecule has 1 amide bonds. The topological polar surface area (TPSA) is 79.3 Å². The van der Waals surface area contributed by atoms with E-state index in [1.807, 2.05) is 84.9 Å². The molecule has 0 aliphatic rings. The molecule has 5 rings (SSSR count). The Morgan fingerprint density at radius 2 is 1.38 bits per heavy atom. The van der Waals surface area contributed by atoms with Crippen LogP contribution in [0.1, 0.15) is 16.1 Å². The number of para-hydroxylation sites is 1. The van der Waals surface area contributed by atoms with Crippen LogP contribution < -0.4 is 5.32 Å². The van der Waals surface area contributed by atoms with E-state index in [0.29, 0.717) is 11.3 Å². The second-order valence-electron chi connectivity index (χ2n) is 7.76. The number of amides is 1. The number of carboxylic acids is 1. The van der Waals surface area contributed by atoms with Crippen molar-refractivity contribution in [2.45, 2.75) is 12.5 Å². The Morgan fingerprint density at radius 1 is 0.781 bits per heavy atom. The second kappa shape index (κ2) is 8.12. The number of hydrogen-bond acceptors (Lipinski definition) is 3. The number of aliphatic carboxylic acids is 1. The molecule has 1 atom stereocenters. The molecule has 0 saturated carbocycles. The van der Waals surface area contributed by atoms with Gasteiger partial charge >= 0.3 is 5.97 Å². The number of nitrogens with one attached hydrogen (secondary N) is 1. The summed E-state index contributed by atoms with van der Waals surface area (Å²) in [6.07, 6.45) is 0.0919. The summed E-state index contributed by atoms with van der Waals surface area (Å²) < 4.78 is 0. The van der Waals surface area contributed by atoms with E-state index in [4.69, 9.17) is 0 Å². The molecular formula is C27H20N2O3. The number of aromatic nitrogens is 1. The van der Waals surface area contributed by atoms with E-state index in [1.54, 1.807) is 6.07 Å². The summed E-state index contributed by atoms with van der Waals surface area (Å²) >= 11 is 0. The maximum atomic E-state index is 13.4. The Hall–Kier alpha value is -4.25. The zero-order chi connectivity index (χ0) is 22.1. The number of benzene rings is 4. The first-order valence-electron chi connectivity index (χ1n) is 10.4. The summed E-state index contributed by atoms with van der Waals surface area (Å²) in [6, 6.07) is 27.6. The van der Waals surface area contributed by atoms with Gasteiger partial charge in [-0.2, -0.15) is 0 Å². The Labute approximate surface area is 184 Å². The van der Waals surface area contributed by atoms with Crippen molar-refractivity contribution in [1.82, 2.24) is 10.3 Å². The molecule has 0 bridgehead atoms. The summed E-state index contributed by atoms with van der Waals surface area (Å²) in [4.78, 5) is 30.0. The van der Waals surface area contributed by atoms with Gasteiger partial charge < -0.3 is 10.4 Å². The molecule has 4 aromatic carbocycles. The van der Waals surface area contributed by atoms with E-state index in [9.17, 15) is 14.7 Å². The van der Waals surface area contributed by atoms with Crippen LogP contribution in [0.15, 0.2) is 91.0 Å². The van der Waals surface area contributed by atoms with Crippen LogP contribution in [-0.2, 0) is 11.2 Å². The molecule has 2 N–H and O–H groups in total. The third-order valence-electron chi connectivity index (χ3n) is 5.67. The Balaban J connectivity index is 1.51. The molecule has 0 fully saturated rings. The van der Waals surface area contributed by atoms with Crippen molar-refractivity contribution in [1.29, 1.82) is 0 Å². The fraction of sp³-hybridized carbons (Fsp3) is 0.0741. The van der Waals surface area contributed by atoms with E-state index >= 15 is 0 Å². The lowest BCUT2D eigenvalue weighted by atomic mass is 9.96. The first kappa shape index (κ1) is 19.7. The first-order chi connectivity index (χ1) is 15.6. The van der Waals surface area contributed by atoms with E-state index in [2.05, 4.69) is 10.3 Å². The zero-order valence-electron chi connectivity index (χ0n) is 17.2. The fourth-order valence-electron chi connectivity index (χ4n) is 4.12. The van der Waals surface area contributed by atoms with Gasteiger partial charge in [0.1, 0.15) is 6.04 Å². The van der Waals surface area contributed by atoms with E-state index < -0.39 is 17.9 Å². The van der Waals surface area contributed by atoms with Crippen molar-refractivity contribution in [2.24, 2.45) is 0 Å². The van der Waals surface area contributed by atoms with Gasteiger partial charge in [0.05, 0.1) is 11.1 Å². The van der Waals surface area contributed by atoms with Crippen LogP contribution in [0.4, 0.5) is 0 Å². The van der Waals surface area contributed by atoms with Gasteiger partial charge in [-0.25, -0.2) is 4.79 Å². The lowest BCUT2D eigenvalue weighted by Crippen LogP contribution is -2.42. The molecule has 1 aromatic heterocycles. The van der Waals surface area contributed by atoms with E-state index in [0.717, 1.165) is 32.4 Å². The number of carbonyl (C=O) groups is 2. The monoisotopic (exact) mass is 420 g/mol. The van der Waals surface area contributed by atoms with Crippen LogP contribution in [0, 0.1) is 0 Å². The van der Waals surface area contributed by atoms with Gasteiger partial charge in [0.2, 0.25) is 0 Å². The highest BCUT2D eigenvalue weighted by Gasteiger charge is 2.24. The first-order valence-corrected chi connectivity index (χ1v) is 10.4. The molecule has 5 aromatic rings. The van der Waals surface area contributed by atoms with Crippen LogP contribution in [-0.4, -0.2) is 28.0 Å². The number of nitrogens with zero attached hydrogens (tertiary/aromatic N) is 1. The summed E-state index contributed by atoms with van der Waals surface area (Å²) in [7, 11) is 0. The molecule has 0 aliphatic carbocycles. The van der Waals surface area contributed by atoms with Crippen molar-refractivity contribution in [3.63, 3.8) is 0 Å². The Bertz CT molecular complexity index is 1440. The number of rotatable bonds is 5. The molecular weight excluding hydrogens is 400 g/mol. The highest BCUT2D eigenvalue weighted by molar-refractivity contribution is 6.18. The molecule has 32 heavy (non-hydrogen) atoms. The lowest BCUT2D eigenvalue weighted by Gasteiger charge is -2.17. The predicted octanol–water partition coefficient (Wildman–Crippen LogP) is 4.97. The summed E-state index contributed by atoms with van der Waals surface area (Å²) in [5, 5.41) is 17.0. The van der Waals surface area contributed by atoms with Gasteiger partial charge in [-0.1, -0.05) is 72.8 Å². The number of carbonyl (C=O) groups excluding carboxylic acids is 1. The molecule has 5 heteroatoms. The molecule has 0 saturated heterocycles. The molecule has 0 unspecified atom stereocenters. The molecule has 1 heterocycles. The minimum Gasteiger partial charge on any atom is -0.480 e. The summed E-state index contributed by atoms with van der Waals surface area (Å²) in [5.41, 5.74) is 1.89. The van der Waals surface area contributed by atoms with Gasteiger partial charge in [0.15, 0.2) is 0 Å². The molecule has 0 radical (unpaired) electrons. The average Bonchev–Trinajstić information content (AvgIpc) is 2.81. The molecule has 0 aliphatic heterocycles. The maximum absolute atomic E-state index is 13.4. The fourth-order valence-corrected chi connectivity index (χ4v) is 4.12. The van der Waals surface area contributed by atoms with Crippen LogP contribution in [0.2, 0.25) is 0 Å². The van der Waals surface area contributed by atoms with Crippen LogP contribution >= 0.6 is 0 Å². The van der Waals surface area contributed by atoms with E-state index in [1.165, 1.54) is 0 Å². The summed E-state index contributed by atoms with van der Waals surface area (Å²) in [6.45, 7) is 0. The summed E-state index contributed by atoms with van der Waals surface area (Å²) in [5.74, 6) is -1.51. The SMILES string of the molecule is O=C(N[C@@H](Cc1ccc2ccccc2n1)C(=O)O)c1c2ccccc2cc2ccccc12. The van der Waals surface area contributed by atoms with Crippen LogP contribution in [0.25, 0.3) is 32.4 Å². The minimum absolute atomic E-state index is 0.0919. The maximum Gasteiger partial charge on any atom is 0.326 e. The van der Waals surface area contributed by atoms with Crippen molar-refractivity contribution in [2.75, 3.05) is 0 Å². The van der Waals surface area contributed by atoms with Crippen molar-refractivity contribution in [3.8, 4) is 0 Å². The third kappa shape index (κ3) is 3.65. The highest BCUT2D eigenvalue weighted by atomic mass is 16.4. The van der Waals surface area contributed by atoms with Crippen LogP contribution in [0.5, 0.6) is 0 Å². The molecule has 5 nitrogen and oxygen atoms in total. The predicted molar refractivity (Wildman–Crippen MR) is 126 cm³/mol. The van der Waals surface area contributed by atoms with Crippen molar-refractivity contribution >= 4 is 44.3 Å². The van der Waals surface area contributed by atoms with E-state index in [-0.39, 0.29) is 6.42 Å². The lowest BCUT2D eigenvalue weighted by molar-refractivity contribution is -0.139. The van der Waals surface area contributed by atoms with Gasteiger partial charge in [0, 0.05) is 17.5 Å². The Morgan fingerprint density at radius 3 is 2.03 bits per heavy atom. The number of carboxylic acid groups (broad SMARTS) is 1. The minimum atomic E-state index is -1.10. The number of hydrogen-bond donors (Lipinski definition) is 2. The number of fused-ring (bicyclic) bond motifs is 3. The third-order valence-corrected chi connectivity index (χ3v) is 5.67. The second-order valence-corrected chi connectivity index (χ2v) is 7.76. The van der Waals surface area contributed by atoms with Crippen molar-refractivity contribution in [3.05, 3.63) is 102 Å². The van der Waals surface area contributed by atoms with Gasteiger partial charge in [0.25, 0.3) is 5.91 Å². The smallest absolute Gasteiger partial charge is 0.326 e. The largest absolute Gasteiger partial charge is 0.480 e. The van der Waals surface area contributed by atoms with Gasteiger partial charge in [-0.3, -0.25) is 9.78 Å². The normalized spacial score (nSPS) is 12.1. The average molecular weight is 420 g/mol. The number of pyridine rings is 1. The van der Waals surface area contributed by atoms with Gasteiger partial charge in [-0.15, -0.1) is 0 Å². The quantitative estimate of drug-likeness (QED) is 0.394. The standard InChI is InChI=1S/C27H20N2O3/c30-26(25-21-10-4-1-8-18(21)15-19-9-2-5-11-22(19)25)29-24(27(31)32)16-20-14-13-17-7-3-6-12-23(17)28-20/h1-15,24H,16H2,(H,29,30)(H,31,32)/t24-/m0/s1. The molecule has 0 spiro atoms. The zero-order valence-corrected chi connectivity index (χ0v) is 17.2. The van der Waals surface area contributed by atoms with Gasteiger partial charge in [-0.05, 0) is 39.7 Å². The van der Waals surface area contributed by atoms with Crippen molar-refractivity contribution < 1.29 is 14.7 Å². The highest BCUT2D eigenvalue weighted by Crippen LogP contribution is 2.28. The van der Waals surface area contributed by atoms with Crippen LogP contribution in [0.3, 0.4) is 0 Å².